The van der Waals surface area contributed by atoms with Crippen LogP contribution in [0.1, 0.15) is 39.2 Å². The third kappa shape index (κ3) is 7.57. The Bertz CT molecular complexity index is 522. The third-order valence-corrected chi connectivity index (χ3v) is 3.77. The van der Waals surface area contributed by atoms with Gasteiger partial charge in [0.05, 0.1) is 14.2 Å². The Morgan fingerprint density at radius 3 is 2.29 bits per heavy atom. The molecule has 0 spiro atoms. The first-order valence-electron chi connectivity index (χ1n) is 8.55. The van der Waals surface area contributed by atoms with Gasteiger partial charge in [0, 0.05) is 20.1 Å². The van der Waals surface area contributed by atoms with Crippen molar-refractivity contribution in [3.8, 4) is 11.5 Å². The second-order valence-electron chi connectivity index (χ2n) is 7.03. The van der Waals surface area contributed by atoms with Crippen LogP contribution in [0.3, 0.4) is 0 Å². The van der Waals surface area contributed by atoms with Crippen molar-refractivity contribution in [2.75, 3.05) is 34.4 Å². The van der Waals surface area contributed by atoms with Crippen LogP contribution in [0, 0.1) is 5.41 Å². The number of methoxy groups -OCH3 is 2. The molecular weight excluding hydrogens is 302 g/mol. The fourth-order valence-electron chi connectivity index (χ4n) is 2.41. The predicted octanol–water partition coefficient (Wildman–Crippen LogP) is 3.24. The van der Waals surface area contributed by atoms with Gasteiger partial charge in [-0.25, -0.2) is 0 Å². The Kier molecular flexibility index (Phi) is 8.44. The van der Waals surface area contributed by atoms with E-state index in [2.05, 4.69) is 42.5 Å². The molecule has 0 fully saturated rings. The lowest BCUT2D eigenvalue weighted by Gasteiger charge is -2.18. The van der Waals surface area contributed by atoms with E-state index in [1.54, 1.807) is 21.3 Å². The van der Waals surface area contributed by atoms with Crippen molar-refractivity contribution in [2.45, 2.75) is 40.0 Å². The number of benzene rings is 1. The highest BCUT2D eigenvalue weighted by molar-refractivity contribution is 5.79. The topological polar surface area (TPSA) is 54.9 Å². The molecule has 1 aromatic carbocycles. The first-order chi connectivity index (χ1) is 11.4. The molecule has 136 valence electrons. The van der Waals surface area contributed by atoms with Gasteiger partial charge in [-0.15, -0.1) is 0 Å². The molecule has 1 aromatic rings. The summed E-state index contributed by atoms with van der Waals surface area (Å²) >= 11 is 0. The standard InChI is InChI=1S/C19H33N3O2/c1-19(2,3)11-7-12-21-18(20-4)22-13-10-15-8-9-16(23-5)17(14-15)24-6/h8-9,14H,7,10-13H2,1-6H3,(H2,20,21,22). The van der Waals surface area contributed by atoms with Crippen LogP contribution in [0.2, 0.25) is 0 Å². The molecule has 0 saturated carbocycles. The highest BCUT2D eigenvalue weighted by Crippen LogP contribution is 2.27. The van der Waals surface area contributed by atoms with Crippen molar-refractivity contribution in [3.05, 3.63) is 23.8 Å². The molecule has 0 heterocycles. The molecule has 1 rings (SSSR count). The molecule has 0 radical (unpaired) electrons. The Balaban J connectivity index is 2.37. The lowest BCUT2D eigenvalue weighted by Crippen LogP contribution is -2.38. The van der Waals surface area contributed by atoms with Crippen LogP contribution in [0.15, 0.2) is 23.2 Å². The van der Waals surface area contributed by atoms with Gasteiger partial charge in [-0.3, -0.25) is 4.99 Å². The van der Waals surface area contributed by atoms with Gasteiger partial charge < -0.3 is 20.1 Å². The SMILES string of the molecule is CN=C(NCCCC(C)(C)C)NCCc1ccc(OC)c(OC)c1. The van der Waals surface area contributed by atoms with Gasteiger partial charge in [0.15, 0.2) is 17.5 Å². The fourth-order valence-corrected chi connectivity index (χ4v) is 2.41. The minimum atomic E-state index is 0.381. The average molecular weight is 335 g/mol. The summed E-state index contributed by atoms with van der Waals surface area (Å²) in [5, 5.41) is 6.71. The van der Waals surface area contributed by atoms with Crippen LogP contribution in [0.4, 0.5) is 0 Å². The Morgan fingerprint density at radius 2 is 1.71 bits per heavy atom. The van der Waals surface area contributed by atoms with Crippen molar-refractivity contribution in [1.29, 1.82) is 0 Å². The average Bonchev–Trinajstić information content (AvgIpc) is 2.55. The summed E-state index contributed by atoms with van der Waals surface area (Å²) in [6.07, 6.45) is 3.23. The molecule has 0 bridgehead atoms. The number of nitrogens with one attached hydrogen (secondary N) is 2. The number of nitrogens with zero attached hydrogens (tertiary/aromatic N) is 1. The molecule has 0 aliphatic heterocycles. The monoisotopic (exact) mass is 335 g/mol. The molecule has 0 aliphatic rings. The zero-order valence-electron chi connectivity index (χ0n) is 16.0. The number of ether oxygens (including phenoxy) is 2. The number of hydrogen-bond donors (Lipinski definition) is 2. The van der Waals surface area contributed by atoms with Crippen LogP contribution in [-0.4, -0.2) is 40.3 Å². The molecule has 5 heteroatoms. The molecule has 2 N–H and O–H groups in total. The van der Waals surface area contributed by atoms with Gasteiger partial charge in [0.1, 0.15) is 0 Å². The molecule has 0 aliphatic carbocycles. The van der Waals surface area contributed by atoms with E-state index in [4.69, 9.17) is 9.47 Å². The highest BCUT2D eigenvalue weighted by Gasteiger charge is 2.09. The lowest BCUT2D eigenvalue weighted by molar-refractivity contribution is 0.354. The summed E-state index contributed by atoms with van der Waals surface area (Å²) < 4.78 is 10.6. The summed E-state index contributed by atoms with van der Waals surface area (Å²) in [4.78, 5) is 4.26. The van der Waals surface area contributed by atoms with Crippen LogP contribution in [-0.2, 0) is 6.42 Å². The summed E-state index contributed by atoms with van der Waals surface area (Å²) in [6, 6.07) is 6.01. The second-order valence-corrected chi connectivity index (χ2v) is 7.03. The molecule has 0 atom stereocenters. The van der Waals surface area contributed by atoms with Crippen LogP contribution in [0.5, 0.6) is 11.5 Å². The van der Waals surface area contributed by atoms with Crippen molar-refractivity contribution in [3.63, 3.8) is 0 Å². The van der Waals surface area contributed by atoms with Gasteiger partial charge in [0.25, 0.3) is 0 Å². The largest absolute Gasteiger partial charge is 0.493 e. The molecule has 0 unspecified atom stereocenters. The number of aliphatic imine (C=N–C) groups is 1. The van der Waals surface area contributed by atoms with E-state index in [1.807, 2.05) is 12.1 Å². The molecule has 0 saturated heterocycles. The Labute approximate surface area is 146 Å². The highest BCUT2D eigenvalue weighted by atomic mass is 16.5. The van der Waals surface area contributed by atoms with Gasteiger partial charge in [0.2, 0.25) is 0 Å². The van der Waals surface area contributed by atoms with E-state index in [-0.39, 0.29) is 0 Å². The van der Waals surface area contributed by atoms with E-state index in [0.29, 0.717) is 5.41 Å². The van der Waals surface area contributed by atoms with Crippen molar-refractivity contribution >= 4 is 5.96 Å². The summed E-state index contributed by atoms with van der Waals surface area (Å²) in [5.74, 6) is 2.37. The Morgan fingerprint density at radius 1 is 1.04 bits per heavy atom. The Hall–Kier alpha value is -1.91. The first kappa shape index (κ1) is 20.1. The van der Waals surface area contributed by atoms with Crippen LogP contribution >= 0.6 is 0 Å². The number of hydrogen-bond acceptors (Lipinski definition) is 3. The first-order valence-corrected chi connectivity index (χ1v) is 8.55. The zero-order chi connectivity index (χ0) is 18.0. The van der Waals surface area contributed by atoms with Crippen molar-refractivity contribution in [1.82, 2.24) is 10.6 Å². The minimum absolute atomic E-state index is 0.381. The number of rotatable bonds is 8. The van der Waals surface area contributed by atoms with Gasteiger partial charge in [-0.1, -0.05) is 26.8 Å². The number of guanidine groups is 1. The van der Waals surface area contributed by atoms with E-state index >= 15 is 0 Å². The molecule has 0 amide bonds. The quantitative estimate of drug-likeness (QED) is 0.435. The third-order valence-electron chi connectivity index (χ3n) is 3.77. The second kappa shape index (κ2) is 10.1. The summed E-state index contributed by atoms with van der Waals surface area (Å²) in [6.45, 7) is 8.55. The maximum absolute atomic E-state index is 5.34. The van der Waals surface area contributed by atoms with Crippen molar-refractivity contribution < 1.29 is 9.47 Å². The van der Waals surface area contributed by atoms with Gasteiger partial charge in [-0.05, 0) is 42.4 Å². The molecule has 24 heavy (non-hydrogen) atoms. The van der Waals surface area contributed by atoms with Crippen LogP contribution in [0.25, 0.3) is 0 Å². The summed E-state index contributed by atoms with van der Waals surface area (Å²) in [7, 11) is 5.10. The normalized spacial score (nSPS) is 12.0. The molecule has 5 nitrogen and oxygen atoms in total. The van der Waals surface area contributed by atoms with E-state index < -0.39 is 0 Å². The van der Waals surface area contributed by atoms with E-state index in [0.717, 1.165) is 43.4 Å². The summed E-state index contributed by atoms with van der Waals surface area (Å²) in [5.41, 5.74) is 1.58. The fraction of sp³-hybridized carbons (Fsp3) is 0.632. The van der Waals surface area contributed by atoms with Gasteiger partial charge >= 0.3 is 0 Å². The predicted molar refractivity (Wildman–Crippen MR) is 101 cm³/mol. The van der Waals surface area contributed by atoms with Gasteiger partial charge in [-0.2, -0.15) is 0 Å². The maximum atomic E-state index is 5.34. The lowest BCUT2D eigenvalue weighted by atomic mass is 9.91. The van der Waals surface area contributed by atoms with E-state index in [1.165, 1.54) is 12.0 Å². The maximum Gasteiger partial charge on any atom is 0.190 e. The molecule has 0 aromatic heterocycles. The zero-order valence-corrected chi connectivity index (χ0v) is 16.0. The molecular formula is C19H33N3O2. The van der Waals surface area contributed by atoms with Crippen molar-refractivity contribution in [2.24, 2.45) is 10.4 Å². The van der Waals surface area contributed by atoms with E-state index in [9.17, 15) is 0 Å². The smallest absolute Gasteiger partial charge is 0.190 e. The minimum Gasteiger partial charge on any atom is -0.493 e. The van der Waals surface area contributed by atoms with Crippen LogP contribution < -0.4 is 20.1 Å².